The first-order valence-corrected chi connectivity index (χ1v) is 24.0. The molecule has 0 amide bonds. The summed E-state index contributed by atoms with van der Waals surface area (Å²) in [5.41, 5.74) is 22.5. The molecule has 0 bridgehead atoms. The van der Waals surface area contributed by atoms with Gasteiger partial charge in [-0.05, 0) is 160 Å². The maximum atomic E-state index is 2.69. The molecule has 6 aromatic carbocycles. The summed E-state index contributed by atoms with van der Waals surface area (Å²) in [5.74, 6) is 0. The van der Waals surface area contributed by atoms with Gasteiger partial charge in [-0.2, -0.15) is 0 Å². The van der Waals surface area contributed by atoms with Crippen molar-refractivity contribution >= 4 is 99.4 Å². The van der Waals surface area contributed by atoms with Crippen molar-refractivity contribution in [1.82, 2.24) is 0 Å². The Bertz CT molecular complexity index is 3080. The Kier molecular flexibility index (Phi) is 9.21. The minimum absolute atomic E-state index is 0.0174. The number of benzene rings is 6. The van der Waals surface area contributed by atoms with Crippen molar-refractivity contribution in [3.8, 4) is 10.4 Å². The molecule has 0 radical (unpaired) electrons. The topological polar surface area (TPSA) is 6.48 Å². The van der Waals surface area contributed by atoms with Crippen LogP contribution in [0.3, 0.4) is 0 Å². The molecule has 0 unspecified atom stereocenters. The Labute approximate surface area is 378 Å². The largest absolute Gasteiger partial charge is 0.311 e. The van der Waals surface area contributed by atoms with Gasteiger partial charge in [-0.15, -0.1) is 22.7 Å². The third-order valence-corrected chi connectivity index (χ3v) is 15.9. The summed E-state index contributed by atoms with van der Waals surface area (Å²) in [7, 11) is 0. The van der Waals surface area contributed by atoms with Crippen molar-refractivity contribution in [1.29, 1.82) is 0 Å². The molecule has 0 fully saturated rings. The lowest BCUT2D eigenvalue weighted by atomic mass is 9.36. The number of aryl methyl sites for hydroxylation is 5. The van der Waals surface area contributed by atoms with Gasteiger partial charge in [-0.3, -0.25) is 0 Å². The van der Waals surface area contributed by atoms with E-state index in [1.165, 1.54) is 125 Å². The van der Waals surface area contributed by atoms with Crippen LogP contribution in [0, 0.1) is 34.6 Å². The van der Waals surface area contributed by atoms with Gasteiger partial charge in [-0.25, -0.2) is 0 Å². The highest BCUT2D eigenvalue weighted by Gasteiger charge is 2.46. The van der Waals surface area contributed by atoms with E-state index in [0.717, 1.165) is 0 Å². The van der Waals surface area contributed by atoms with Gasteiger partial charge in [0.05, 0.1) is 17.1 Å². The normalized spacial score (nSPS) is 13.9. The lowest BCUT2D eigenvalue weighted by molar-refractivity contribution is 0.589. The van der Waals surface area contributed by atoms with Gasteiger partial charge in [-0.1, -0.05) is 123 Å². The standard InChI is InChI=1S/C57H59BN2S2/c1-32-23-45-50-46(24-32)60(52-35(4)27-41(28-36(52)5)57(12,13)14)53-42-31-39(55(6,7)8)20-22-48(42)62-54(53)58(50)43-21-19-38(49-30-37-17-15-16-18-47(37)61-49)29-44(43)59(45)51-33(2)25-40(26-34(51)3)56(9,10)11/h15-31H,1-14H3. The van der Waals surface area contributed by atoms with E-state index in [2.05, 4.69) is 210 Å². The predicted octanol–water partition coefficient (Wildman–Crippen LogP) is 15.3. The Morgan fingerprint density at radius 1 is 0.468 bits per heavy atom. The summed E-state index contributed by atoms with van der Waals surface area (Å²) >= 11 is 3.89. The molecule has 2 nitrogen and oxygen atoms in total. The first-order valence-electron chi connectivity index (χ1n) is 22.4. The maximum absolute atomic E-state index is 2.69. The highest BCUT2D eigenvalue weighted by Crippen LogP contribution is 2.52. The average Bonchev–Trinajstić information content (AvgIpc) is 3.79. The minimum Gasteiger partial charge on any atom is -0.311 e. The summed E-state index contributed by atoms with van der Waals surface area (Å²) in [6, 6.07) is 40.6. The van der Waals surface area contributed by atoms with Crippen molar-refractivity contribution < 1.29 is 0 Å². The second kappa shape index (κ2) is 14.0. The molecular weight excluding hydrogens is 788 g/mol. The molecule has 0 saturated heterocycles. The van der Waals surface area contributed by atoms with E-state index in [9.17, 15) is 0 Å². The zero-order valence-corrected chi connectivity index (χ0v) is 40.7. The van der Waals surface area contributed by atoms with Gasteiger partial charge < -0.3 is 9.80 Å². The van der Waals surface area contributed by atoms with Gasteiger partial charge >= 0.3 is 0 Å². The third-order valence-electron chi connectivity index (χ3n) is 13.5. The number of fused-ring (bicyclic) bond motifs is 7. The second-order valence-corrected chi connectivity index (χ2v) is 23.6. The smallest absolute Gasteiger partial charge is 0.264 e. The fourth-order valence-corrected chi connectivity index (χ4v) is 12.7. The van der Waals surface area contributed by atoms with E-state index < -0.39 is 0 Å². The Hall–Kier alpha value is -5.10. The van der Waals surface area contributed by atoms with Crippen molar-refractivity contribution in [2.75, 3.05) is 9.80 Å². The van der Waals surface area contributed by atoms with E-state index >= 15 is 0 Å². The average molecular weight is 847 g/mol. The molecule has 0 atom stereocenters. The molecule has 62 heavy (non-hydrogen) atoms. The summed E-state index contributed by atoms with van der Waals surface area (Å²) in [5, 5.41) is 2.65. The van der Waals surface area contributed by atoms with Gasteiger partial charge in [0.25, 0.3) is 6.71 Å². The highest BCUT2D eigenvalue weighted by atomic mass is 32.1. The van der Waals surface area contributed by atoms with Crippen LogP contribution in [0.25, 0.3) is 30.6 Å². The summed E-state index contributed by atoms with van der Waals surface area (Å²) < 4.78 is 4.09. The minimum atomic E-state index is 0.0174. The van der Waals surface area contributed by atoms with Gasteiger partial charge in [0.15, 0.2) is 0 Å². The van der Waals surface area contributed by atoms with Crippen LogP contribution in [0.2, 0.25) is 0 Å². The number of thiophene rings is 2. The van der Waals surface area contributed by atoms with E-state index in [-0.39, 0.29) is 23.0 Å². The Morgan fingerprint density at radius 3 is 1.61 bits per heavy atom. The number of anilines is 6. The molecular formula is C57H59BN2S2. The van der Waals surface area contributed by atoms with Crippen LogP contribution in [0.4, 0.5) is 34.1 Å². The van der Waals surface area contributed by atoms with Gasteiger partial charge in [0.1, 0.15) is 0 Å². The summed E-state index contributed by atoms with van der Waals surface area (Å²) in [4.78, 5) is 6.65. The molecule has 10 rings (SSSR count). The van der Waals surface area contributed by atoms with E-state index in [4.69, 9.17) is 0 Å². The SMILES string of the molecule is Cc1cc2c3c(c1)N(c1c(C)cc(C(C)(C)C)cc1C)c1c(sc4ccc(C(C)(C)C)cc14)B3c1ccc(-c3cc4ccccc4s3)cc1N2c1c(C)cc(C(C)(C)C)cc1C. The van der Waals surface area contributed by atoms with Crippen molar-refractivity contribution in [2.24, 2.45) is 0 Å². The van der Waals surface area contributed by atoms with Crippen molar-refractivity contribution in [3.05, 3.63) is 148 Å². The number of hydrogen-bond donors (Lipinski definition) is 0. The fourth-order valence-electron chi connectivity index (χ4n) is 10.3. The van der Waals surface area contributed by atoms with Crippen LogP contribution < -0.4 is 25.5 Å². The molecule has 2 aliphatic rings. The molecule has 2 aromatic heterocycles. The van der Waals surface area contributed by atoms with Gasteiger partial charge in [0.2, 0.25) is 0 Å². The van der Waals surface area contributed by atoms with Crippen LogP contribution >= 0.6 is 22.7 Å². The Balaban J connectivity index is 1.33. The van der Waals surface area contributed by atoms with E-state index in [1.54, 1.807) is 0 Å². The number of nitrogens with zero attached hydrogens (tertiary/aromatic N) is 2. The molecule has 0 aliphatic carbocycles. The lowest BCUT2D eigenvalue weighted by Gasteiger charge is -2.45. The second-order valence-electron chi connectivity index (χ2n) is 21.4. The zero-order chi connectivity index (χ0) is 43.9. The zero-order valence-electron chi connectivity index (χ0n) is 39.1. The monoisotopic (exact) mass is 846 g/mol. The summed E-state index contributed by atoms with van der Waals surface area (Å²) in [6.45, 7) is 32.7. The fraction of sp³-hybridized carbons (Fsp3) is 0.298. The first-order chi connectivity index (χ1) is 29.2. The highest BCUT2D eigenvalue weighted by molar-refractivity contribution is 7.33. The summed E-state index contributed by atoms with van der Waals surface area (Å²) in [6.07, 6.45) is 0. The van der Waals surface area contributed by atoms with Crippen LogP contribution in [0.5, 0.6) is 0 Å². The molecule has 312 valence electrons. The molecule has 4 heterocycles. The lowest BCUT2D eigenvalue weighted by Crippen LogP contribution is -2.60. The molecule has 0 spiro atoms. The van der Waals surface area contributed by atoms with Crippen LogP contribution in [-0.4, -0.2) is 6.71 Å². The third kappa shape index (κ3) is 6.40. The number of rotatable bonds is 3. The van der Waals surface area contributed by atoms with Crippen molar-refractivity contribution in [2.45, 2.75) is 113 Å². The molecule has 5 heteroatoms. The van der Waals surface area contributed by atoms with Crippen LogP contribution in [-0.2, 0) is 16.2 Å². The predicted molar refractivity (Wildman–Crippen MR) is 276 cm³/mol. The van der Waals surface area contributed by atoms with E-state index in [1.807, 2.05) is 22.7 Å². The van der Waals surface area contributed by atoms with Gasteiger partial charge in [0, 0.05) is 41.5 Å². The quantitative estimate of drug-likeness (QED) is 0.163. The van der Waals surface area contributed by atoms with Crippen LogP contribution in [0.1, 0.15) is 107 Å². The maximum Gasteiger partial charge on any atom is 0.264 e. The van der Waals surface area contributed by atoms with Crippen molar-refractivity contribution in [3.63, 3.8) is 0 Å². The molecule has 8 aromatic rings. The molecule has 0 N–H and O–H groups in total. The van der Waals surface area contributed by atoms with E-state index in [0.29, 0.717) is 0 Å². The Morgan fingerprint density at radius 2 is 1.03 bits per heavy atom. The van der Waals surface area contributed by atoms with Crippen LogP contribution in [0.15, 0.2) is 103 Å². The molecule has 2 aliphatic heterocycles. The molecule has 0 saturated carbocycles. The number of hydrogen-bond acceptors (Lipinski definition) is 4. The first kappa shape index (κ1) is 40.9.